The van der Waals surface area contributed by atoms with Crippen LogP contribution in [-0.4, -0.2) is 45.3 Å². The Labute approximate surface area is 157 Å². The topological polar surface area (TPSA) is 84.5 Å². The molecule has 7 nitrogen and oxygen atoms in total. The molecule has 2 aromatic heterocycles. The van der Waals surface area contributed by atoms with Gasteiger partial charge in [-0.3, -0.25) is 9.88 Å². The SMILES string of the molecule is COc1ccc(CN2CCC(c3noc(-c4ccccn4)n3)CC2)cc1O. The molecule has 140 valence electrons. The van der Waals surface area contributed by atoms with E-state index in [1.165, 1.54) is 0 Å². The second-order valence-corrected chi connectivity index (χ2v) is 6.73. The maximum Gasteiger partial charge on any atom is 0.276 e. The van der Waals surface area contributed by atoms with E-state index in [0.717, 1.165) is 43.9 Å². The molecule has 0 atom stereocenters. The molecule has 1 N–H and O–H groups in total. The number of nitrogens with zero attached hydrogens (tertiary/aromatic N) is 4. The van der Waals surface area contributed by atoms with Gasteiger partial charge in [-0.25, -0.2) is 0 Å². The summed E-state index contributed by atoms with van der Waals surface area (Å²) in [6.45, 7) is 2.70. The number of likely N-dealkylation sites (tertiary alicyclic amines) is 1. The Morgan fingerprint density at radius 3 is 2.78 bits per heavy atom. The number of phenolic OH excluding ortho intramolecular Hbond substituents is 1. The minimum Gasteiger partial charge on any atom is -0.504 e. The third kappa shape index (κ3) is 3.93. The molecule has 0 aliphatic carbocycles. The number of hydrogen-bond donors (Lipinski definition) is 1. The smallest absolute Gasteiger partial charge is 0.276 e. The molecule has 4 rings (SSSR count). The minimum atomic E-state index is 0.179. The predicted molar refractivity (Wildman–Crippen MR) is 99.4 cm³/mol. The number of pyridine rings is 1. The summed E-state index contributed by atoms with van der Waals surface area (Å²) in [5.74, 6) is 2.21. The fourth-order valence-electron chi connectivity index (χ4n) is 3.44. The lowest BCUT2D eigenvalue weighted by atomic mass is 9.96. The molecule has 0 radical (unpaired) electrons. The van der Waals surface area contributed by atoms with Crippen LogP contribution in [0.4, 0.5) is 0 Å². The van der Waals surface area contributed by atoms with Gasteiger partial charge in [0.05, 0.1) is 7.11 Å². The molecule has 0 amide bonds. The van der Waals surface area contributed by atoms with Crippen molar-refractivity contribution in [2.24, 2.45) is 0 Å². The molecular weight excluding hydrogens is 344 g/mol. The molecule has 1 fully saturated rings. The zero-order chi connectivity index (χ0) is 18.6. The van der Waals surface area contributed by atoms with Crippen molar-refractivity contribution >= 4 is 0 Å². The van der Waals surface area contributed by atoms with Gasteiger partial charge < -0.3 is 14.4 Å². The largest absolute Gasteiger partial charge is 0.504 e. The number of rotatable bonds is 5. The van der Waals surface area contributed by atoms with Crippen molar-refractivity contribution < 1.29 is 14.4 Å². The zero-order valence-corrected chi connectivity index (χ0v) is 15.2. The Kier molecular flexibility index (Phi) is 5.02. The molecular formula is C20H22N4O3. The van der Waals surface area contributed by atoms with Crippen LogP contribution in [0.2, 0.25) is 0 Å². The van der Waals surface area contributed by atoms with Gasteiger partial charge in [0.1, 0.15) is 5.69 Å². The molecule has 1 saturated heterocycles. The van der Waals surface area contributed by atoms with E-state index in [4.69, 9.17) is 9.26 Å². The number of aromatic nitrogens is 3. The fraction of sp³-hybridized carbons (Fsp3) is 0.350. The van der Waals surface area contributed by atoms with Crippen molar-refractivity contribution in [1.82, 2.24) is 20.0 Å². The number of benzene rings is 1. The molecule has 7 heteroatoms. The first-order valence-corrected chi connectivity index (χ1v) is 9.06. The molecule has 1 aromatic carbocycles. The van der Waals surface area contributed by atoms with Crippen LogP contribution in [-0.2, 0) is 6.54 Å². The number of piperidine rings is 1. The summed E-state index contributed by atoms with van der Waals surface area (Å²) in [5, 5.41) is 14.1. The number of ether oxygens (including phenoxy) is 1. The first-order valence-electron chi connectivity index (χ1n) is 9.06. The Bertz CT molecular complexity index is 889. The van der Waals surface area contributed by atoms with E-state index in [1.807, 2.05) is 24.3 Å². The van der Waals surface area contributed by atoms with Gasteiger partial charge in [-0.2, -0.15) is 4.98 Å². The molecule has 0 unspecified atom stereocenters. The van der Waals surface area contributed by atoms with Gasteiger partial charge in [-0.1, -0.05) is 17.3 Å². The monoisotopic (exact) mass is 366 g/mol. The van der Waals surface area contributed by atoms with Crippen LogP contribution in [0.3, 0.4) is 0 Å². The van der Waals surface area contributed by atoms with Crippen LogP contribution in [0.1, 0.15) is 30.1 Å². The van der Waals surface area contributed by atoms with E-state index in [-0.39, 0.29) is 5.75 Å². The molecule has 0 spiro atoms. The van der Waals surface area contributed by atoms with Crippen molar-refractivity contribution in [3.05, 3.63) is 54.0 Å². The van der Waals surface area contributed by atoms with Crippen LogP contribution < -0.4 is 4.74 Å². The van der Waals surface area contributed by atoms with Gasteiger partial charge >= 0.3 is 0 Å². The maximum absolute atomic E-state index is 9.93. The van der Waals surface area contributed by atoms with Crippen LogP contribution >= 0.6 is 0 Å². The molecule has 3 aromatic rings. The normalized spacial score (nSPS) is 15.7. The average molecular weight is 366 g/mol. The quantitative estimate of drug-likeness (QED) is 0.742. The minimum absolute atomic E-state index is 0.179. The van der Waals surface area contributed by atoms with Gasteiger partial charge in [0.2, 0.25) is 0 Å². The highest BCUT2D eigenvalue weighted by atomic mass is 16.5. The third-order valence-electron chi connectivity index (χ3n) is 4.93. The predicted octanol–water partition coefficient (Wildman–Crippen LogP) is 3.23. The van der Waals surface area contributed by atoms with E-state index < -0.39 is 0 Å². The lowest BCUT2D eigenvalue weighted by molar-refractivity contribution is 0.200. The highest BCUT2D eigenvalue weighted by molar-refractivity contribution is 5.45. The average Bonchev–Trinajstić information content (AvgIpc) is 3.20. The van der Waals surface area contributed by atoms with Gasteiger partial charge in [-0.05, 0) is 55.8 Å². The van der Waals surface area contributed by atoms with Gasteiger partial charge in [-0.15, -0.1) is 0 Å². The third-order valence-corrected chi connectivity index (χ3v) is 4.93. The molecule has 3 heterocycles. The van der Waals surface area contributed by atoms with Crippen molar-refractivity contribution in [2.45, 2.75) is 25.3 Å². The molecule has 0 saturated carbocycles. The molecule has 0 bridgehead atoms. The van der Waals surface area contributed by atoms with Crippen LogP contribution in [0, 0.1) is 0 Å². The summed E-state index contributed by atoms with van der Waals surface area (Å²) in [7, 11) is 1.55. The second-order valence-electron chi connectivity index (χ2n) is 6.73. The lowest BCUT2D eigenvalue weighted by Crippen LogP contribution is -2.32. The zero-order valence-electron chi connectivity index (χ0n) is 15.2. The van der Waals surface area contributed by atoms with Gasteiger partial charge in [0, 0.05) is 18.7 Å². The fourth-order valence-corrected chi connectivity index (χ4v) is 3.44. The van der Waals surface area contributed by atoms with E-state index in [0.29, 0.717) is 23.3 Å². The summed E-state index contributed by atoms with van der Waals surface area (Å²) in [4.78, 5) is 11.2. The van der Waals surface area contributed by atoms with Crippen molar-refractivity contribution in [2.75, 3.05) is 20.2 Å². The second kappa shape index (κ2) is 7.75. The van der Waals surface area contributed by atoms with Crippen molar-refractivity contribution in [3.8, 4) is 23.1 Å². The van der Waals surface area contributed by atoms with Crippen LogP contribution in [0.25, 0.3) is 11.6 Å². The van der Waals surface area contributed by atoms with E-state index in [1.54, 1.807) is 25.4 Å². The van der Waals surface area contributed by atoms with E-state index in [9.17, 15) is 5.11 Å². The summed E-state index contributed by atoms with van der Waals surface area (Å²) in [6.07, 6.45) is 3.67. The summed E-state index contributed by atoms with van der Waals surface area (Å²) in [6, 6.07) is 11.2. The number of phenols is 1. The molecule has 1 aliphatic rings. The summed E-state index contributed by atoms with van der Waals surface area (Å²) >= 11 is 0. The Morgan fingerprint density at radius 1 is 1.22 bits per heavy atom. The highest BCUT2D eigenvalue weighted by Crippen LogP contribution is 2.30. The number of methoxy groups -OCH3 is 1. The number of hydrogen-bond acceptors (Lipinski definition) is 7. The van der Waals surface area contributed by atoms with E-state index in [2.05, 4.69) is 20.0 Å². The summed E-state index contributed by atoms with van der Waals surface area (Å²) in [5.41, 5.74) is 1.77. The Hall–Kier alpha value is -2.93. The summed E-state index contributed by atoms with van der Waals surface area (Å²) < 4.78 is 10.5. The lowest BCUT2D eigenvalue weighted by Gasteiger charge is -2.30. The highest BCUT2D eigenvalue weighted by Gasteiger charge is 2.25. The van der Waals surface area contributed by atoms with Crippen molar-refractivity contribution in [1.29, 1.82) is 0 Å². The standard InChI is InChI=1S/C20H22N4O3/c1-26-18-6-5-14(12-17(18)25)13-24-10-7-15(8-11-24)19-22-20(27-23-19)16-4-2-3-9-21-16/h2-6,9,12,15,25H,7-8,10-11,13H2,1H3. The maximum atomic E-state index is 9.93. The number of aromatic hydroxyl groups is 1. The van der Waals surface area contributed by atoms with Gasteiger partial charge in [0.25, 0.3) is 5.89 Å². The Balaban J connectivity index is 1.35. The van der Waals surface area contributed by atoms with Crippen LogP contribution in [0.15, 0.2) is 47.1 Å². The van der Waals surface area contributed by atoms with Crippen LogP contribution in [0.5, 0.6) is 11.5 Å². The first-order chi connectivity index (χ1) is 13.2. The molecule has 1 aliphatic heterocycles. The van der Waals surface area contributed by atoms with Crippen molar-refractivity contribution in [3.63, 3.8) is 0 Å². The Morgan fingerprint density at radius 2 is 2.07 bits per heavy atom. The first kappa shape index (κ1) is 17.5. The van der Waals surface area contributed by atoms with Gasteiger partial charge in [0.15, 0.2) is 17.3 Å². The van der Waals surface area contributed by atoms with E-state index >= 15 is 0 Å². The molecule has 27 heavy (non-hydrogen) atoms.